The Morgan fingerprint density at radius 1 is 1.46 bits per heavy atom. The average molecular weight is 340 g/mol. The van der Waals surface area contributed by atoms with Crippen molar-refractivity contribution in [2.45, 2.75) is 19.9 Å². The molecular formula is C14H14F2N4O4. The third-order valence-corrected chi connectivity index (χ3v) is 3.13. The Morgan fingerprint density at radius 3 is 2.75 bits per heavy atom. The second kappa shape index (κ2) is 7.02. The fourth-order valence-corrected chi connectivity index (χ4v) is 2.09. The Morgan fingerprint density at radius 2 is 2.17 bits per heavy atom. The summed E-state index contributed by atoms with van der Waals surface area (Å²) in [6, 6.07) is 5.06. The molecule has 0 aliphatic carbocycles. The summed E-state index contributed by atoms with van der Waals surface area (Å²) in [5.74, 6) is -0.462. The smallest absolute Gasteiger partial charge is 0.296 e. The van der Waals surface area contributed by atoms with Gasteiger partial charge < -0.3 is 10.1 Å². The highest BCUT2D eigenvalue weighted by atomic mass is 19.3. The van der Waals surface area contributed by atoms with Gasteiger partial charge in [-0.3, -0.25) is 19.6 Å². The van der Waals surface area contributed by atoms with Gasteiger partial charge in [-0.15, -0.1) is 0 Å². The molecule has 8 nitrogen and oxygen atoms in total. The summed E-state index contributed by atoms with van der Waals surface area (Å²) in [4.78, 5) is 22.4. The number of carbonyl (C=O) groups is 1. The number of aromatic nitrogens is 2. The number of amides is 1. The Kier molecular flexibility index (Phi) is 5.07. The minimum atomic E-state index is -2.78. The normalized spacial score (nSPS) is 10.7. The Labute approximate surface area is 135 Å². The molecule has 0 bridgehead atoms. The van der Waals surface area contributed by atoms with Gasteiger partial charge in [-0.05, 0) is 25.1 Å². The van der Waals surface area contributed by atoms with Crippen LogP contribution >= 0.6 is 0 Å². The fraction of sp³-hybridized carbons (Fsp3) is 0.286. The topological polar surface area (TPSA) is 99.3 Å². The van der Waals surface area contributed by atoms with Crippen LogP contribution in [0.25, 0.3) is 0 Å². The number of nitro groups is 1. The first-order valence-corrected chi connectivity index (χ1v) is 6.76. The lowest BCUT2D eigenvalue weighted by molar-refractivity contribution is -0.384. The SMILES string of the molecule is COc1ccc(NC(=O)Cn2nc(C)cc2C(F)F)c([N+](=O)[O-])c1. The van der Waals surface area contributed by atoms with Crippen molar-refractivity contribution in [3.8, 4) is 5.75 Å². The monoisotopic (exact) mass is 340 g/mol. The molecule has 0 fully saturated rings. The van der Waals surface area contributed by atoms with Gasteiger partial charge in [-0.2, -0.15) is 5.10 Å². The van der Waals surface area contributed by atoms with Crippen molar-refractivity contribution in [1.29, 1.82) is 0 Å². The third-order valence-electron chi connectivity index (χ3n) is 3.13. The van der Waals surface area contributed by atoms with Crippen LogP contribution < -0.4 is 10.1 Å². The van der Waals surface area contributed by atoms with Gasteiger partial charge >= 0.3 is 0 Å². The van der Waals surface area contributed by atoms with Gasteiger partial charge in [0.1, 0.15) is 23.7 Å². The summed E-state index contributed by atoms with van der Waals surface area (Å²) in [6.45, 7) is 1.03. The molecule has 1 amide bonds. The summed E-state index contributed by atoms with van der Waals surface area (Å²) in [5.41, 5.74) is -0.484. The third kappa shape index (κ3) is 3.83. The molecule has 0 aliphatic rings. The van der Waals surface area contributed by atoms with Gasteiger partial charge in [0, 0.05) is 0 Å². The van der Waals surface area contributed by atoms with Crippen molar-refractivity contribution in [2.75, 3.05) is 12.4 Å². The van der Waals surface area contributed by atoms with E-state index in [1.54, 1.807) is 0 Å². The van der Waals surface area contributed by atoms with E-state index < -0.39 is 29.5 Å². The zero-order chi connectivity index (χ0) is 17.9. The van der Waals surface area contributed by atoms with Crippen LogP contribution in [0.1, 0.15) is 17.8 Å². The summed E-state index contributed by atoms with van der Waals surface area (Å²) < 4.78 is 31.5. The van der Waals surface area contributed by atoms with E-state index in [1.807, 2.05) is 0 Å². The Balaban J connectivity index is 2.20. The number of hydrogen-bond donors (Lipinski definition) is 1. The summed E-state index contributed by atoms with van der Waals surface area (Å²) in [5, 5.41) is 17.2. The van der Waals surface area contributed by atoms with Crippen LogP contribution in [0.5, 0.6) is 5.75 Å². The first-order chi connectivity index (χ1) is 11.3. The molecule has 0 saturated heterocycles. The second-order valence-corrected chi connectivity index (χ2v) is 4.86. The van der Waals surface area contributed by atoms with Crippen LogP contribution in [0.4, 0.5) is 20.2 Å². The lowest BCUT2D eigenvalue weighted by Gasteiger charge is -2.09. The van der Waals surface area contributed by atoms with Crippen LogP contribution in [0, 0.1) is 17.0 Å². The molecule has 1 aromatic heterocycles. The number of nitro benzene ring substituents is 1. The predicted octanol–water partition coefficient (Wildman–Crippen LogP) is 2.68. The number of nitrogens with zero attached hydrogens (tertiary/aromatic N) is 3. The molecule has 24 heavy (non-hydrogen) atoms. The van der Waals surface area contributed by atoms with E-state index in [1.165, 1.54) is 32.2 Å². The number of alkyl halides is 2. The van der Waals surface area contributed by atoms with Crippen molar-refractivity contribution >= 4 is 17.3 Å². The average Bonchev–Trinajstić information content (AvgIpc) is 2.88. The Bertz CT molecular complexity index is 776. The van der Waals surface area contributed by atoms with E-state index in [9.17, 15) is 23.7 Å². The van der Waals surface area contributed by atoms with Crippen molar-refractivity contribution in [2.24, 2.45) is 0 Å². The number of methoxy groups -OCH3 is 1. The standard InChI is InChI=1S/C14H14F2N4O4/c1-8-5-12(14(15)16)19(18-8)7-13(21)17-10-4-3-9(24-2)6-11(10)20(22)23/h3-6,14H,7H2,1-2H3,(H,17,21). The molecule has 0 spiro atoms. The van der Waals surface area contributed by atoms with Crippen molar-refractivity contribution in [3.05, 3.63) is 45.8 Å². The molecule has 0 saturated carbocycles. The molecule has 1 N–H and O–H groups in total. The number of rotatable bonds is 6. The van der Waals surface area contributed by atoms with E-state index in [0.29, 0.717) is 5.69 Å². The number of hydrogen-bond acceptors (Lipinski definition) is 5. The fourth-order valence-electron chi connectivity index (χ4n) is 2.09. The second-order valence-electron chi connectivity index (χ2n) is 4.86. The summed E-state index contributed by atoms with van der Waals surface area (Å²) in [7, 11) is 1.35. The van der Waals surface area contributed by atoms with Crippen LogP contribution in [0.2, 0.25) is 0 Å². The number of aryl methyl sites for hydroxylation is 1. The predicted molar refractivity (Wildman–Crippen MR) is 80.2 cm³/mol. The Hall–Kier alpha value is -3.04. The molecule has 0 unspecified atom stereocenters. The number of nitrogens with one attached hydrogen (secondary N) is 1. The first-order valence-electron chi connectivity index (χ1n) is 6.76. The van der Waals surface area contributed by atoms with Crippen LogP contribution in [0.15, 0.2) is 24.3 Å². The van der Waals surface area contributed by atoms with Gasteiger partial charge in [-0.1, -0.05) is 0 Å². The maximum Gasteiger partial charge on any atom is 0.296 e. The van der Waals surface area contributed by atoms with Crippen molar-refractivity contribution < 1.29 is 23.2 Å². The molecule has 0 radical (unpaired) electrons. The van der Waals surface area contributed by atoms with E-state index >= 15 is 0 Å². The van der Waals surface area contributed by atoms with Gasteiger partial charge in [0.25, 0.3) is 12.1 Å². The largest absolute Gasteiger partial charge is 0.496 e. The van der Waals surface area contributed by atoms with E-state index in [-0.39, 0.29) is 17.1 Å². The lowest BCUT2D eigenvalue weighted by atomic mass is 10.2. The highest BCUT2D eigenvalue weighted by Crippen LogP contribution is 2.29. The van der Waals surface area contributed by atoms with Gasteiger partial charge in [0.2, 0.25) is 5.91 Å². The number of benzene rings is 1. The van der Waals surface area contributed by atoms with E-state index in [2.05, 4.69) is 10.4 Å². The zero-order valence-electron chi connectivity index (χ0n) is 12.8. The highest BCUT2D eigenvalue weighted by molar-refractivity contribution is 5.93. The molecule has 0 atom stereocenters. The molecule has 1 aromatic carbocycles. The van der Waals surface area contributed by atoms with Gasteiger partial charge in [0.05, 0.1) is 23.8 Å². The number of halogens is 2. The lowest BCUT2D eigenvalue weighted by Crippen LogP contribution is -2.21. The molecule has 2 rings (SSSR count). The highest BCUT2D eigenvalue weighted by Gasteiger charge is 2.20. The maximum atomic E-state index is 12.9. The van der Waals surface area contributed by atoms with Crippen LogP contribution in [0.3, 0.4) is 0 Å². The summed E-state index contributed by atoms with van der Waals surface area (Å²) >= 11 is 0. The number of carbonyl (C=O) groups excluding carboxylic acids is 1. The van der Waals surface area contributed by atoms with Gasteiger partial charge in [-0.25, -0.2) is 8.78 Å². The first kappa shape index (κ1) is 17.3. The molecule has 128 valence electrons. The van der Waals surface area contributed by atoms with Crippen LogP contribution in [-0.4, -0.2) is 27.7 Å². The minimum Gasteiger partial charge on any atom is -0.496 e. The van der Waals surface area contributed by atoms with E-state index in [0.717, 1.165) is 10.7 Å². The van der Waals surface area contributed by atoms with Gasteiger partial charge in [0.15, 0.2) is 0 Å². The van der Waals surface area contributed by atoms with Crippen LogP contribution in [-0.2, 0) is 11.3 Å². The number of anilines is 1. The quantitative estimate of drug-likeness (QED) is 0.644. The van der Waals surface area contributed by atoms with Crippen molar-refractivity contribution in [1.82, 2.24) is 9.78 Å². The molecule has 0 aliphatic heterocycles. The molecule has 2 aromatic rings. The van der Waals surface area contributed by atoms with E-state index in [4.69, 9.17) is 4.74 Å². The van der Waals surface area contributed by atoms with Crippen molar-refractivity contribution in [3.63, 3.8) is 0 Å². The summed E-state index contributed by atoms with van der Waals surface area (Å²) in [6.07, 6.45) is -2.78. The number of ether oxygens (including phenoxy) is 1. The molecule has 10 heteroatoms. The zero-order valence-corrected chi connectivity index (χ0v) is 12.8. The maximum absolute atomic E-state index is 12.9. The molecule has 1 heterocycles. The minimum absolute atomic E-state index is 0.0618. The molecular weight excluding hydrogens is 326 g/mol.